The average Bonchev–Trinajstić information content (AvgIpc) is 2.46. The Bertz CT molecular complexity index is 523. The minimum atomic E-state index is 0. The third-order valence-corrected chi connectivity index (χ3v) is 3.59. The maximum absolute atomic E-state index is 5.98. The van der Waals surface area contributed by atoms with Crippen molar-refractivity contribution in [3.05, 3.63) is 48.0 Å². The van der Waals surface area contributed by atoms with E-state index in [2.05, 4.69) is 47.8 Å². The van der Waals surface area contributed by atoms with Crippen LogP contribution in [0.3, 0.4) is 0 Å². The molecule has 2 aromatic carbocycles. The van der Waals surface area contributed by atoms with Crippen LogP contribution >= 0.6 is 12.4 Å². The highest BCUT2D eigenvalue weighted by atomic mass is 35.5. The molecular formula is C16H20ClNO. The smallest absolute Gasteiger partial charge is 0.0720 e. The van der Waals surface area contributed by atoms with Crippen LogP contribution in [0, 0.1) is 0 Å². The van der Waals surface area contributed by atoms with Crippen LogP contribution in [0.5, 0.6) is 0 Å². The third kappa shape index (κ3) is 3.69. The lowest BCUT2D eigenvalue weighted by molar-refractivity contribution is 0.0213. The van der Waals surface area contributed by atoms with E-state index in [4.69, 9.17) is 4.74 Å². The van der Waals surface area contributed by atoms with Gasteiger partial charge in [0.1, 0.15) is 0 Å². The van der Waals surface area contributed by atoms with E-state index in [1.54, 1.807) is 0 Å². The van der Waals surface area contributed by atoms with Crippen LogP contribution < -0.4 is 5.32 Å². The van der Waals surface area contributed by atoms with Crippen LogP contribution in [0.25, 0.3) is 10.8 Å². The van der Waals surface area contributed by atoms with Gasteiger partial charge in [-0.2, -0.15) is 0 Å². The van der Waals surface area contributed by atoms with E-state index in [1.165, 1.54) is 16.3 Å². The number of piperidine rings is 1. The Labute approximate surface area is 120 Å². The van der Waals surface area contributed by atoms with Crippen LogP contribution in [-0.4, -0.2) is 19.2 Å². The van der Waals surface area contributed by atoms with Crippen LogP contribution in [-0.2, 0) is 11.3 Å². The van der Waals surface area contributed by atoms with E-state index in [0.29, 0.717) is 6.10 Å². The number of fused-ring (bicyclic) bond motifs is 1. The number of benzene rings is 2. The SMILES string of the molecule is Cl.c1ccc2cc(COC3CCNCC3)ccc2c1. The predicted octanol–water partition coefficient (Wildman–Crippen LogP) is 3.53. The zero-order valence-corrected chi connectivity index (χ0v) is 11.8. The predicted molar refractivity (Wildman–Crippen MR) is 81.9 cm³/mol. The molecule has 2 nitrogen and oxygen atoms in total. The lowest BCUT2D eigenvalue weighted by Gasteiger charge is -2.23. The van der Waals surface area contributed by atoms with Gasteiger partial charge in [0.2, 0.25) is 0 Å². The summed E-state index contributed by atoms with van der Waals surface area (Å²) >= 11 is 0. The Kier molecular flexibility index (Phi) is 5.20. The van der Waals surface area contributed by atoms with Gasteiger partial charge in [-0.05, 0) is 48.3 Å². The number of ether oxygens (including phenoxy) is 1. The van der Waals surface area contributed by atoms with Crippen molar-refractivity contribution in [2.45, 2.75) is 25.6 Å². The Morgan fingerprint density at radius 3 is 2.53 bits per heavy atom. The minimum absolute atomic E-state index is 0. The summed E-state index contributed by atoms with van der Waals surface area (Å²) in [6.45, 7) is 2.90. The number of nitrogens with one attached hydrogen (secondary N) is 1. The maximum atomic E-state index is 5.98. The molecule has 0 atom stereocenters. The molecule has 1 heterocycles. The van der Waals surface area contributed by atoms with Crippen LogP contribution in [0.1, 0.15) is 18.4 Å². The van der Waals surface area contributed by atoms with E-state index < -0.39 is 0 Å². The van der Waals surface area contributed by atoms with Crippen molar-refractivity contribution in [2.75, 3.05) is 13.1 Å². The standard InChI is InChI=1S/C16H19NO.ClH/c1-2-4-15-11-13(5-6-14(15)3-1)12-18-16-7-9-17-10-8-16;/h1-6,11,16-17H,7-10,12H2;1H. The fourth-order valence-electron chi connectivity index (χ4n) is 2.50. The second-order valence-electron chi connectivity index (χ2n) is 4.94. The number of hydrogen-bond donors (Lipinski definition) is 1. The summed E-state index contributed by atoms with van der Waals surface area (Å²) < 4.78 is 5.98. The molecule has 1 aliphatic heterocycles. The molecule has 1 N–H and O–H groups in total. The van der Waals surface area contributed by atoms with Crippen LogP contribution in [0.2, 0.25) is 0 Å². The van der Waals surface area contributed by atoms with Crippen LogP contribution in [0.15, 0.2) is 42.5 Å². The molecule has 0 unspecified atom stereocenters. The quantitative estimate of drug-likeness (QED) is 0.927. The summed E-state index contributed by atoms with van der Waals surface area (Å²) in [6.07, 6.45) is 2.69. The van der Waals surface area contributed by atoms with Gasteiger partial charge in [0, 0.05) is 0 Å². The first-order chi connectivity index (χ1) is 8.92. The van der Waals surface area contributed by atoms with Gasteiger partial charge >= 0.3 is 0 Å². The van der Waals surface area contributed by atoms with Crippen molar-refractivity contribution in [2.24, 2.45) is 0 Å². The zero-order valence-electron chi connectivity index (χ0n) is 11.0. The molecule has 0 aliphatic carbocycles. The van der Waals surface area contributed by atoms with Gasteiger partial charge in [-0.25, -0.2) is 0 Å². The molecule has 2 aromatic rings. The normalized spacial score (nSPS) is 16.2. The minimum Gasteiger partial charge on any atom is -0.373 e. The topological polar surface area (TPSA) is 21.3 Å². The highest BCUT2D eigenvalue weighted by molar-refractivity contribution is 5.85. The fourth-order valence-corrected chi connectivity index (χ4v) is 2.50. The van der Waals surface area contributed by atoms with Crippen molar-refractivity contribution in [1.82, 2.24) is 5.32 Å². The summed E-state index contributed by atoms with van der Waals surface area (Å²) in [7, 11) is 0. The highest BCUT2D eigenvalue weighted by Gasteiger charge is 2.12. The average molecular weight is 278 g/mol. The molecule has 0 amide bonds. The Balaban J connectivity index is 0.00000133. The molecule has 3 rings (SSSR count). The molecule has 1 fully saturated rings. The largest absolute Gasteiger partial charge is 0.373 e. The van der Waals surface area contributed by atoms with Crippen molar-refractivity contribution >= 4 is 23.2 Å². The molecule has 1 saturated heterocycles. The molecule has 0 spiro atoms. The molecule has 0 radical (unpaired) electrons. The summed E-state index contributed by atoms with van der Waals surface area (Å²) in [5.41, 5.74) is 1.27. The van der Waals surface area contributed by atoms with Crippen molar-refractivity contribution in [3.8, 4) is 0 Å². The van der Waals surface area contributed by atoms with Gasteiger partial charge in [-0.15, -0.1) is 12.4 Å². The lowest BCUT2D eigenvalue weighted by atomic mass is 10.1. The van der Waals surface area contributed by atoms with Crippen molar-refractivity contribution in [1.29, 1.82) is 0 Å². The van der Waals surface area contributed by atoms with Crippen LogP contribution in [0.4, 0.5) is 0 Å². The summed E-state index contributed by atoms with van der Waals surface area (Å²) in [4.78, 5) is 0. The maximum Gasteiger partial charge on any atom is 0.0720 e. The number of halogens is 1. The first-order valence-corrected chi connectivity index (χ1v) is 6.72. The van der Waals surface area contributed by atoms with E-state index in [0.717, 1.165) is 32.5 Å². The number of hydrogen-bond acceptors (Lipinski definition) is 2. The summed E-state index contributed by atoms with van der Waals surface area (Å²) in [5.74, 6) is 0. The van der Waals surface area contributed by atoms with E-state index in [-0.39, 0.29) is 12.4 Å². The monoisotopic (exact) mass is 277 g/mol. The lowest BCUT2D eigenvalue weighted by Crippen LogP contribution is -2.32. The van der Waals surface area contributed by atoms with E-state index >= 15 is 0 Å². The van der Waals surface area contributed by atoms with Crippen molar-refractivity contribution < 1.29 is 4.74 Å². The molecular weight excluding hydrogens is 258 g/mol. The van der Waals surface area contributed by atoms with E-state index in [1.807, 2.05) is 0 Å². The first-order valence-electron chi connectivity index (χ1n) is 6.72. The van der Waals surface area contributed by atoms with E-state index in [9.17, 15) is 0 Å². The summed E-state index contributed by atoms with van der Waals surface area (Å²) in [6, 6.07) is 15.0. The first kappa shape index (κ1) is 14.3. The summed E-state index contributed by atoms with van der Waals surface area (Å²) in [5, 5.41) is 5.95. The highest BCUT2D eigenvalue weighted by Crippen LogP contribution is 2.17. The molecule has 0 saturated carbocycles. The fraction of sp³-hybridized carbons (Fsp3) is 0.375. The van der Waals surface area contributed by atoms with Crippen molar-refractivity contribution in [3.63, 3.8) is 0 Å². The Morgan fingerprint density at radius 2 is 1.74 bits per heavy atom. The van der Waals surface area contributed by atoms with Gasteiger partial charge in [0.15, 0.2) is 0 Å². The van der Waals surface area contributed by atoms with Gasteiger partial charge in [0.25, 0.3) is 0 Å². The molecule has 0 bridgehead atoms. The second-order valence-corrected chi connectivity index (χ2v) is 4.94. The van der Waals surface area contributed by atoms with Gasteiger partial charge in [-0.1, -0.05) is 36.4 Å². The molecule has 0 aromatic heterocycles. The third-order valence-electron chi connectivity index (χ3n) is 3.59. The molecule has 102 valence electrons. The number of rotatable bonds is 3. The molecule has 3 heteroatoms. The molecule has 19 heavy (non-hydrogen) atoms. The second kappa shape index (κ2) is 6.90. The zero-order chi connectivity index (χ0) is 12.2. The molecule has 1 aliphatic rings. The Morgan fingerprint density at radius 1 is 1.00 bits per heavy atom. The van der Waals surface area contributed by atoms with Gasteiger partial charge in [-0.3, -0.25) is 0 Å². The van der Waals surface area contributed by atoms with Gasteiger partial charge in [0.05, 0.1) is 12.7 Å². The Hall–Kier alpha value is -1.09. The van der Waals surface area contributed by atoms with Gasteiger partial charge < -0.3 is 10.1 Å².